The van der Waals surface area contributed by atoms with E-state index in [2.05, 4.69) is 0 Å². The number of hydrogen-bond donors (Lipinski definition) is 0. The summed E-state index contributed by atoms with van der Waals surface area (Å²) < 4.78 is 99.2. The van der Waals surface area contributed by atoms with Crippen molar-refractivity contribution in [2.45, 2.75) is 23.9 Å². The highest BCUT2D eigenvalue weighted by Crippen LogP contribution is 2.53. The van der Waals surface area contributed by atoms with Gasteiger partial charge in [0.2, 0.25) is 11.5 Å². The Morgan fingerprint density at radius 3 is 2.14 bits per heavy atom. The van der Waals surface area contributed by atoms with Crippen LogP contribution in [-0.2, 0) is 30.6 Å². The molecule has 2 aliphatic rings. The molecule has 0 bridgehead atoms. The van der Waals surface area contributed by atoms with Crippen molar-refractivity contribution in [3.05, 3.63) is 75.2 Å². The number of carbonyl (C=O) groups is 1. The Morgan fingerprint density at radius 1 is 1.08 bits per heavy atom. The molecular formula is C23H18Cl2F5NO4S. The van der Waals surface area contributed by atoms with E-state index in [9.17, 15) is 30.8 Å². The highest BCUT2D eigenvalue weighted by molar-refractivity contribution is 7.91. The largest absolute Gasteiger partial charge is 0.480 e. The van der Waals surface area contributed by atoms with Crippen LogP contribution in [0.25, 0.3) is 5.57 Å². The maximum atomic E-state index is 15.2. The van der Waals surface area contributed by atoms with Gasteiger partial charge in [0.05, 0.1) is 29.4 Å². The van der Waals surface area contributed by atoms with Gasteiger partial charge in [-0.2, -0.15) is 13.2 Å². The normalized spacial score (nSPS) is 21.6. The quantitative estimate of drug-likeness (QED) is 0.357. The van der Waals surface area contributed by atoms with Crippen molar-refractivity contribution < 1.29 is 39.9 Å². The standard InChI is InChI=1S/C23H18Cl2F5NO4S/c1-36(33,34)10-19(32)31-11-21(27,12-31)15-4-2-13(3-5-15)14-8-22(35-9-14,23(28,29)30)16-6-17(24)20(26)18(25)7-16/h2-7,9H,8,10-12H2,1H3. The number of ether oxygens (including phenoxy) is 1. The fourth-order valence-corrected chi connectivity index (χ4v) is 5.32. The molecule has 13 heteroatoms. The molecule has 2 aromatic carbocycles. The SMILES string of the molecule is CS(=O)(=O)CC(=O)N1CC(F)(c2ccc(C3=COC(c4cc(Cl)c(F)c(Cl)c4)(C(F)(F)F)C3)cc2)C1. The number of benzene rings is 2. The summed E-state index contributed by atoms with van der Waals surface area (Å²) in [5.74, 6) is -2.48. The average molecular weight is 570 g/mol. The van der Waals surface area contributed by atoms with Crippen molar-refractivity contribution in [3.63, 3.8) is 0 Å². The average Bonchev–Trinajstić information content (AvgIpc) is 3.21. The van der Waals surface area contributed by atoms with Gasteiger partial charge < -0.3 is 9.64 Å². The van der Waals surface area contributed by atoms with E-state index in [1.807, 2.05) is 0 Å². The lowest BCUT2D eigenvalue weighted by Gasteiger charge is -2.44. The molecule has 36 heavy (non-hydrogen) atoms. The summed E-state index contributed by atoms with van der Waals surface area (Å²) in [5.41, 5.74) is -4.56. The molecule has 1 saturated heterocycles. The van der Waals surface area contributed by atoms with Gasteiger partial charge in [0.1, 0.15) is 5.75 Å². The molecule has 0 radical (unpaired) electrons. The minimum Gasteiger partial charge on any atom is -0.480 e. The van der Waals surface area contributed by atoms with Crippen molar-refractivity contribution >= 4 is 44.5 Å². The molecule has 0 N–H and O–H groups in total. The van der Waals surface area contributed by atoms with Crippen LogP contribution in [0.5, 0.6) is 0 Å². The third-order valence-corrected chi connectivity index (χ3v) is 7.47. The lowest BCUT2D eigenvalue weighted by atomic mass is 9.84. The monoisotopic (exact) mass is 569 g/mol. The van der Waals surface area contributed by atoms with Crippen molar-refractivity contribution in [1.29, 1.82) is 0 Å². The second-order valence-electron chi connectivity index (χ2n) is 8.88. The first kappa shape index (κ1) is 26.7. The summed E-state index contributed by atoms with van der Waals surface area (Å²) >= 11 is 11.4. The smallest absolute Gasteiger partial charge is 0.432 e. The highest BCUT2D eigenvalue weighted by Gasteiger charge is 2.60. The number of likely N-dealkylation sites (tertiary alicyclic amines) is 1. The molecule has 0 aromatic heterocycles. The fraction of sp³-hybridized carbons (Fsp3) is 0.348. The van der Waals surface area contributed by atoms with Crippen molar-refractivity contribution in [3.8, 4) is 0 Å². The van der Waals surface area contributed by atoms with Crippen LogP contribution < -0.4 is 0 Å². The zero-order valence-electron chi connectivity index (χ0n) is 18.5. The number of halogens is 7. The molecule has 1 fully saturated rings. The second kappa shape index (κ2) is 8.88. The highest BCUT2D eigenvalue weighted by atomic mass is 35.5. The van der Waals surface area contributed by atoms with Crippen molar-refractivity contribution in [2.24, 2.45) is 0 Å². The molecule has 0 spiro atoms. The number of carbonyl (C=O) groups excluding carboxylic acids is 1. The van der Waals surface area contributed by atoms with Crippen LogP contribution in [0.15, 0.2) is 42.7 Å². The minimum absolute atomic E-state index is 0.155. The predicted octanol–water partition coefficient (Wildman–Crippen LogP) is 5.40. The summed E-state index contributed by atoms with van der Waals surface area (Å²) in [6.45, 7) is -0.675. The Morgan fingerprint density at radius 2 is 1.64 bits per heavy atom. The van der Waals surface area contributed by atoms with Gasteiger partial charge in [-0.05, 0) is 28.8 Å². The molecule has 5 nitrogen and oxygen atoms in total. The maximum Gasteiger partial charge on any atom is 0.432 e. The summed E-state index contributed by atoms with van der Waals surface area (Å²) in [5, 5.41) is -1.17. The number of rotatable bonds is 5. The van der Waals surface area contributed by atoms with Gasteiger partial charge in [0, 0.05) is 18.2 Å². The van der Waals surface area contributed by atoms with Crippen LogP contribution in [0.1, 0.15) is 23.1 Å². The lowest BCUT2D eigenvalue weighted by Crippen LogP contribution is -2.59. The van der Waals surface area contributed by atoms with E-state index in [0.29, 0.717) is 5.56 Å². The van der Waals surface area contributed by atoms with Gasteiger partial charge in [-0.3, -0.25) is 4.79 Å². The van der Waals surface area contributed by atoms with Gasteiger partial charge in [0.15, 0.2) is 21.3 Å². The van der Waals surface area contributed by atoms with Gasteiger partial charge in [-0.25, -0.2) is 17.2 Å². The van der Waals surface area contributed by atoms with Crippen LogP contribution in [0.3, 0.4) is 0 Å². The van der Waals surface area contributed by atoms with E-state index in [0.717, 1.165) is 29.6 Å². The molecule has 2 aromatic rings. The molecular weight excluding hydrogens is 552 g/mol. The molecule has 1 amide bonds. The van der Waals surface area contributed by atoms with Crippen molar-refractivity contribution in [2.75, 3.05) is 25.1 Å². The van der Waals surface area contributed by atoms with E-state index in [4.69, 9.17) is 27.9 Å². The van der Waals surface area contributed by atoms with Gasteiger partial charge in [-0.15, -0.1) is 0 Å². The third kappa shape index (κ3) is 4.80. The Balaban J connectivity index is 1.52. The molecule has 0 aliphatic carbocycles. The van der Waals surface area contributed by atoms with Crippen LogP contribution in [0.4, 0.5) is 22.0 Å². The molecule has 1 atom stereocenters. The van der Waals surface area contributed by atoms with E-state index < -0.39 is 66.8 Å². The molecule has 2 heterocycles. The third-order valence-electron chi connectivity index (χ3n) is 6.14. The zero-order valence-corrected chi connectivity index (χ0v) is 20.8. The second-order valence-corrected chi connectivity index (χ2v) is 11.8. The Kier molecular flexibility index (Phi) is 6.58. The maximum absolute atomic E-state index is 15.2. The topological polar surface area (TPSA) is 63.7 Å². The molecule has 1 unspecified atom stereocenters. The first-order valence-electron chi connectivity index (χ1n) is 10.4. The lowest BCUT2D eigenvalue weighted by molar-refractivity contribution is -0.260. The minimum atomic E-state index is -4.91. The summed E-state index contributed by atoms with van der Waals surface area (Å²) in [6, 6.07) is 7.24. The Hall–Kier alpha value is -2.37. The number of hydrogen-bond acceptors (Lipinski definition) is 4. The van der Waals surface area contributed by atoms with Gasteiger partial charge >= 0.3 is 6.18 Å². The fourth-order valence-electron chi connectivity index (χ4n) is 4.20. The molecule has 4 rings (SSSR count). The van der Waals surface area contributed by atoms with E-state index in [1.54, 1.807) is 0 Å². The van der Waals surface area contributed by atoms with Crippen LogP contribution in [-0.4, -0.2) is 50.5 Å². The van der Waals surface area contributed by atoms with Crippen LogP contribution in [0.2, 0.25) is 10.0 Å². The number of sulfone groups is 1. The van der Waals surface area contributed by atoms with Gasteiger partial charge in [0.25, 0.3) is 0 Å². The number of nitrogens with zero attached hydrogens (tertiary/aromatic N) is 1. The summed E-state index contributed by atoms with van der Waals surface area (Å²) in [7, 11) is -3.55. The van der Waals surface area contributed by atoms with Crippen LogP contribution >= 0.6 is 23.2 Å². The predicted molar refractivity (Wildman–Crippen MR) is 123 cm³/mol. The summed E-state index contributed by atoms with van der Waals surface area (Å²) in [6.07, 6.45) is -3.73. The van der Waals surface area contributed by atoms with E-state index in [-0.39, 0.29) is 24.2 Å². The number of alkyl halides is 4. The zero-order chi connectivity index (χ0) is 26.7. The van der Waals surface area contributed by atoms with E-state index >= 15 is 4.39 Å². The summed E-state index contributed by atoms with van der Waals surface area (Å²) in [4.78, 5) is 13.0. The van der Waals surface area contributed by atoms with Gasteiger partial charge in [-0.1, -0.05) is 47.5 Å². The number of amides is 1. The van der Waals surface area contributed by atoms with E-state index in [1.165, 1.54) is 24.3 Å². The first-order chi connectivity index (χ1) is 16.5. The molecule has 194 valence electrons. The van der Waals surface area contributed by atoms with Crippen LogP contribution in [0, 0.1) is 5.82 Å². The Bertz CT molecular complexity index is 1330. The molecule has 2 aliphatic heterocycles. The first-order valence-corrected chi connectivity index (χ1v) is 13.2. The van der Waals surface area contributed by atoms with Crippen molar-refractivity contribution in [1.82, 2.24) is 4.90 Å². The Labute approximate surface area is 213 Å². The molecule has 0 saturated carbocycles.